The van der Waals surface area contributed by atoms with E-state index in [1.807, 2.05) is 32.9 Å². The molecule has 7 nitrogen and oxygen atoms in total. The fraction of sp³-hybridized carbons (Fsp3) is 0.333. The molecule has 0 saturated heterocycles. The van der Waals surface area contributed by atoms with Crippen LogP contribution in [0.15, 0.2) is 28.9 Å². The molecule has 0 amide bonds. The molecule has 3 aromatic rings. The zero-order valence-electron chi connectivity index (χ0n) is 16.3. The van der Waals surface area contributed by atoms with Gasteiger partial charge in [-0.2, -0.15) is 4.98 Å². The maximum absolute atomic E-state index is 11.3. The van der Waals surface area contributed by atoms with Gasteiger partial charge in [-0.1, -0.05) is 28.9 Å². The minimum absolute atomic E-state index is 0. The molecule has 30 heavy (non-hydrogen) atoms. The van der Waals surface area contributed by atoms with Crippen molar-refractivity contribution in [1.82, 2.24) is 15.1 Å². The van der Waals surface area contributed by atoms with E-state index in [1.165, 1.54) is 0 Å². The maximum atomic E-state index is 11.3. The molecule has 1 unspecified atom stereocenters. The zero-order valence-corrected chi connectivity index (χ0v) is 17.0. The molecule has 1 aliphatic rings. The van der Waals surface area contributed by atoms with Gasteiger partial charge in [-0.05, 0) is 56.4 Å². The van der Waals surface area contributed by atoms with Crippen molar-refractivity contribution >= 4 is 36.4 Å². The summed E-state index contributed by atoms with van der Waals surface area (Å²) in [6.07, 6.45) is 2.61. The molecule has 2 aromatic heterocycles. The van der Waals surface area contributed by atoms with Crippen molar-refractivity contribution in [2.75, 3.05) is 0 Å². The number of hydrogen-bond acceptors (Lipinski definition) is 6. The van der Waals surface area contributed by atoms with Gasteiger partial charge < -0.3 is 14.4 Å². The Kier molecular flexibility index (Phi) is 6.56. The summed E-state index contributed by atoms with van der Waals surface area (Å²) in [4.78, 5) is 20.1. The predicted octanol–water partition coefficient (Wildman–Crippen LogP) is 3.70. The number of carboxylic acid groups (broad SMARTS) is 1. The summed E-state index contributed by atoms with van der Waals surface area (Å²) in [5, 5.41) is 13.8. The van der Waals surface area contributed by atoms with Gasteiger partial charge in [0.25, 0.3) is 5.89 Å². The topological polar surface area (TPSA) is 98.3 Å². The normalized spacial score (nSPS) is 15.0. The molecule has 1 aliphatic carbocycles. The molecule has 0 fully saturated rings. The number of aromatic nitrogens is 3. The monoisotopic (exact) mass is 421 g/mol. The van der Waals surface area contributed by atoms with Crippen LogP contribution in [0.25, 0.3) is 22.8 Å². The Morgan fingerprint density at radius 1 is 1.33 bits per heavy atom. The van der Waals surface area contributed by atoms with E-state index in [0.29, 0.717) is 41.0 Å². The summed E-state index contributed by atoms with van der Waals surface area (Å²) < 4.78 is 11.0. The standard InChI is InChI=1S/C21H20ClN3O4.Li.H/c1-10(2)28-20-17(22)8-14(9-23-20)19-24-18(25-29-19)15-5-4-12-6-13(21(26)27)7-16(12)11(15)3;;/h4-5,8-10,13H,6-7H2,1-3H3,(H,26,27);;. The van der Waals surface area contributed by atoms with Crippen LogP contribution in [0.2, 0.25) is 5.02 Å². The van der Waals surface area contributed by atoms with E-state index in [4.69, 9.17) is 20.9 Å². The van der Waals surface area contributed by atoms with Crippen LogP contribution in [0.1, 0.15) is 30.5 Å². The third kappa shape index (κ3) is 4.24. The van der Waals surface area contributed by atoms with Crippen LogP contribution in [-0.2, 0) is 17.6 Å². The quantitative estimate of drug-likeness (QED) is 0.627. The number of rotatable bonds is 5. The van der Waals surface area contributed by atoms with Gasteiger partial charge in [0.2, 0.25) is 11.7 Å². The van der Waals surface area contributed by atoms with Crippen LogP contribution in [0.4, 0.5) is 0 Å². The van der Waals surface area contributed by atoms with Crippen molar-refractivity contribution in [1.29, 1.82) is 0 Å². The summed E-state index contributed by atoms with van der Waals surface area (Å²) in [5.74, 6) is -0.0445. The van der Waals surface area contributed by atoms with Gasteiger partial charge in [-0.3, -0.25) is 4.79 Å². The van der Waals surface area contributed by atoms with Crippen LogP contribution in [-0.4, -0.2) is 51.2 Å². The number of nitrogens with zero attached hydrogens (tertiary/aromatic N) is 3. The van der Waals surface area contributed by atoms with Gasteiger partial charge in [0, 0.05) is 11.8 Å². The third-order valence-corrected chi connectivity index (χ3v) is 5.30. The fourth-order valence-corrected chi connectivity index (χ4v) is 3.80. The first-order valence-electron chi connectivity index (χ1n) is 9.34. The molecule has 0 bridgehead atoms. The van der Waals surface area contributed by atoms with Crippen LogP contribution in [0.5, 0.6) is 5.88 Å². The molecule has 0 saturated carbocycles. The Hall–Kier alpha value is -2.33. The molecular weight excluding hydrogens is 401 g/mol. The van der Waals surface area contributed by atoms with E-state index in [9.17, 15) is 9.90 Å². The predicted molar refractivity (Wildman–Crippen MR) is 114 cm³/mol. The van der Waals surface area contributed by atoms with Crippen LogP contribution in [0, 0.1) is 12.8 Å². The van der Waals surface area contributed by atoms with Crippen molar-refractivity contribution in [2.45, 2.75) is 39.7 Å². The minimum atomic E-state index is -0.765. The number of halogens is 1. The fourth-order valence-electron chi connectivity index (χ4n) is 3.59. The van der Waals surface area contributed by atoms with Crippen molar-refractivity contribution < 1.29 is 19.2 Å². The molecule has 1 atom stereocenters. The molecule has 1 N–H and O–H groups in total. The van der Waals surface area contributed by atoms with Crippen LogP contribution >= 0.6 is 11.6 Å². The second-order valence-corrected chi connectivity index (χ2v) is 7.83. The Labute approximate surface area is 191 Å². The number of benzene rings is 1. The Bertz CT molecular complexity index is 1100. The molecule has 0 spiro atoms. The Morgan fingerprint density at radius 2 is 2.10 bits per heavy atom. The summed E-state index contributed by atoms with van der Waals surface area (Å²) in [6, 6.07) is 5.54. The van der Waals surface area contributed by atoms with E-state index in [-0.39, 0.29) is 30.9 Å². The van der Waals surface area contributed by atoms with Crippen LogP contribution in [0.3, 0.4) is 0 Å². The number of ether oxygens (including phenoxy) is 1. The summed E-state index contributed by atoms with van der Waals surface area (Å²) >= 11 is 6.25. The number of carboxylic acids is 1. The first-order valence-corrected chi connectivity index (χ1v) is 9.72. The summed E-state index contributed by atoms with van der Waals surface area (Å²) in [5.41, 5.74) is 4.52. The summed E-state index contributed by atoms with van der Waals surface area (Å²) in [6.45, 7) is 5.76. The van der Waals surface area contributed by atoms with E-state index >= 15 is 0 Å². The van der Waals surface area contributed by atoms with Gasteiger partial charge >= 0.3 is 24.8 Å². The van der Waals surface area contributed by atoms with Crippen molar-refractivity contribution in [3.05, 3.63) is 46.1 Å². The first-order chi connectivity index (χ1) is 13.8. The average Bonchev–Trinajstić information content (AvgIpc) is 3.31. The number of fused-ring (bicyclic) bond motifs is 1. The zero-order chi connectivity index (χ0) is 20.7. The SMILES string of the molecule is Cc1c(-c2noc(-c3cnc(OC(C)C)c(Cl)c3)n2)ccc2c1CC(C(=O)O)C2.[LiH]. The van der Waals surface area contributed by atoms with Crippen LogP contribution < -0.4 is 4.74 Å². The molecule has 2 heterocycles. The van der Waals surface area contributed by atoms with Gasteiger partial charge in [0.15, 0.2) is 0 Å². The van der Waals surface area contributed by atoms with Gasteiger partial charge in [0.1, 0.15) is 5.02 Å². The summed E-state index contributed by atoms with van der Waals surface area (Å²) in [7, 11) is 0. The van der Waals surface area contributed by atoms with Gasteiger partial charge in [-0.25, -0.2) is 4.98 Å². The van der Waals surface area contributed by atoms with Crippen molar-refractivity contribution in [2.24, 2.45) is 5.92 Å². The van der Waals surface area contributed by atoms with Crippen molar-refractivity contribution in [3.63, 3.8) is 0 Å². The Morgan fingerprint density at radius 3 is 2.77 bits per heavy atom. The number of pyridine rings is 1. The van der Waals surface area contributed by atoms with E-state index in [2.05, 4.69) is 15.1 Å². The Balaban J connectivity index is 0.00000256. The average molecular weight is 422 g/mol. The first kappa shape index (κ1) is 22.4. The van der Waals surface area contributed by atoms with E-state index < -0.39 is 5.97 Å². The van der Waals surface area contributed by atoms with E-state index in [0.717, 1.165) is 22.3 Å². The number of carbonyl (C=O) groups is 1. The molecular formula is C21H21ClLiN3O4. The van der Waals surface area contributed by atoms with Gasteiger partial charge in [0.05, 0.1) is 17.6 Å². The molecule has 0 radical (unpaired) electrons. The molecule has 9 heteroatoms. The second kappa shape index (κ2) is 8.81. The third-order valence-electron chi connectivity index (χ3n) is 5.03. The van der Waals surface area contributed by atoms with Crippen molar-refractivity contribution in [3.8, 4) is 28.7 Å². The molecule has 152 valence electrons. The molecule has 0 aliphatic heterocycles. The van der Waals surface area contributed by atoms with Gasteiger partial charge in [-0.15, -0.1) is 0 Å². The number of aliphatic carboxylic acids is 1. The number of hydrogen-bond donors (Lipinski definition) is 1. The molecule has 4 rings (SSSR count). The molecule has 1 aromatic carbocycles. The van der Waals surface area contributed by atoms with E-state index in [1.54, 1.807) is 12.3 Å². The second-order valence-electron chi connectivity index (χ2n) is 7.42.